The second kappa shape index (κ2) is 7.09. The number of nitrogens with zero attached hydrogens (tertiary/aromatic N) is 1. The highest BCUT2D eigenvalue weighted by atomic mass is 32.1. The van der Waals surface area contributed by atoms with Crippen LogP contribution in [-0.2, 0) is 11.2 Å². The highest BCUT2D eigenvalue weighted by Crippen LogP contribution is 2.22. The van der Waals surface area contributed by atoms with E-state index in [9.17, 15) is 0 Å². The molecule has 0 amide bonds. The van der Waals surface area contributed by atoms with Gasteiger partial charge in [0.15, 0.2) is 0 Å². The summed E-state index contributed by atoms with van der Waals surface area (Å²) in [5.74, 6) is 0.749. The molecule has 1 aromatic rings. The van der Waals surface area contributed by atoms with Crippen molar-refractivity contribution in [3.8, 4) is 0 Å². The molecule has 2 heterocycles. The molecule has 96 valence electrons. The highest BCUT2D eigenvalue weighted by Gasteiger charge is 2.24. The zero-order valence-electron chi connectivity index (χ0n) is 10.5. The molecule has 17 heavy (non-hydrogen) atoms. The molecule has 0 bridgehead atoms. The molecule has 1 unspecified atom stereocenters. The molecule has 0 saturated carbocycles. The van der Waals surface area contributed by atoms with Gasteiger partial charge in [0, 0.05) is 37.3 Å². The summed E-state index contributed by atoms with van der Waals surface area (Å²) in [4.78, 5) is 4.41. The quantitative estimate of drug-likeness (QED) is 0.847. The first-order valence-electron chi connectivity index (χ1n) is 6.59. The lowest BCUT2D eigenvalue weighted by molar-refractivity contribution is 0.0537. The Morgan fingerprint density at radius 1 is 1.53 bits per heavy atom. The Bertz CT molecular complexity index is 296. The summed E-state index contributed by atoms with van der Waals surface area (Å²) < 4.78 is 5.45. The van der Waals surface area contributed by atoms with Crippen LogP contribution in [0.3, 0.4) is 0 Å². The average Bonchev–Trinajstić information content (AvgIpc) is 2.88. The van der Waals surface area contributed by atoms with E-state index in [2.05, 4.69) is 22.6 Å². The van der Waals surface area contributed by atoms with Gasteiger partial charge < -0.3 is 10.1 Å². The highest BCUT2D eigenvalue weighted by molar-refractivity contribution is 7.09. The van der Waals surface area contributed by atoms with Crippen molar-refractivity contribution >= 4 is 11.3 Å². The van der Waals surface area contributed by atoms with Crippen LogP contribution in [0.5, 0.6) is 0 Å². The van der Waals surface area contributed by atoms with Gasteiger partial charge in [0.2, 0.25) is 0 Å². The Morgan fingerprint density at radius 3 is 3.00 bits per heavy atom. The molecule has 3 nitrogen and oxygen atoms in total. The number of hydrogen-bond donors (Lipinski definition) is 1. The van der Waals surface area contributed by atoms with Crippen molar-refractivity contribution in [3.63, 3.8) is 0 Å². The van der Waals surface area contributed by atoms with E-state index in [0.29, 0.717) is 6.04 Å². The minimum absolute atomic E-state index is 0.574. The van der Waals surface area contributed by atoms with Gasteiger partial charge >= 0.3 is 0 Å². The van der Waals surface area contributed by atoms with Crippen molar-refractivity contribution in [2.45, 2.75) is 38.6 Å². The predicted molar refractivity (Wildman–Crippen MR) is 71.4 cm³/mol. The van der Waals surface area contributed by atoms with E-state index >= 15 is 0 Å². The van der Waals surface area contributed by atoms with E-state index in [4.69, 9.17) is 4.74 Å². The van der Waals surface area contributed by atoms with Gasteiger partial charge in [0.1, 0.15) is 0 Å². The fourth-order valence-electron chi connectivity index (χ4n) is 2.40. The van der Waals surface area contributed by atoms with Crippen molar-refractivity contribution in [1.82, 2.24) is 10.3 Å². The third-order valence-corrected chi connectivity index (χ3v) is 4.17. The van der Waals surface area contributed by atoms with Crippen LogP contribution >= 0.6 is 11.3 Å². The maximum absolute atomic E-state index is 5.45. The van der Waals surface area contributed by atoms with Gasteiger partial charge in [-0.1, -0.05) is 6.92 Å². The molecule has 0 aromatic carbocycles. The fraction of sp³-hybridized carbons (Fsp3) is 0.769. The number of aromatic nitrogens is 1. The minimum Gasteiger partial charge on any atom is -0.381 e. The molecule has 1 saturated heterocycles. The van der Waals surface area contributed by atoms with Crippen LogP contribution in [0, 0.1) is 5.92 Å². The largest absolute Gasteiger partial charge is 0.381 e. The Hall–Kier alpha value is -0.450. The van der Waals surface area contributed by atoms with Crippen molar-refractivity contribution < 1.29 is 4.74 Å². The number of hydrogen-bond acceptors (Lipinski definition) is 4. The molecule has 0 radical (unpaired) electrons. The molecule has 2 rings (SSSR count). The van der Waals surface area contributed by atoms with Crippen LogP contribution in [0.2, 0.25) is 0 Å². The molecule has 1 N–H and O–H groups in total. The normalized spacial score (nSPS) is 19.4. The van der Waals surface area contributed by atoms with Crippen LogP contribution < -0.4 is 5.32 Å². The van der Waals surface area contributed by atoms with E-state index in [1.54, 1.807) is 11.3 Å². The molecular formula is C13H22N2OS. The summed E-state index contributed by atoms with van der Waals surface area (Å²) in [6, 6.07) is 0.574. The second-order valence-electron chi connectivity index (χ2n) is 4.64. The third-order valence-electron chi connectivity index (χ3n) is 3.37. The van der Waals surface area contributed by atoms with Crippen LogP contribution in [0.1, 0.15) is 31.2 Å². The molecule has 1 aliphatic rings. The van der Waals surface area contributed by atoms with Gasteiger partial charge in [-0.15, -0.1) is 11.3 Å². The minimum atomic E-state index is 0.574. The monoisotopic (exact) mass is 254 g/mol. The van der Waals surface area contributed by atoms with Crippen molar-refractivity contribution in [2.75, 3.05) is 19.8 Å². The maximum Gasteiger partial charge on any atom is 0.0940 e. The summed E-state index contributed by atoms with van der Waals surface area (Å²) in [6.07, 6.45) is 6.54. The van der Waals surface area contributed by atoms with Crippen molar-refractivity contribution in [1.29, 1.82) is 0 Å². The lowest BCUT2D eigenvalue weighted by Crippen LogP contribution is -2.41. The molecule has 1 aromatic heterocycles. The Morgan fingerprint density at radius 2 is 2.35 bits per heavy atom. The number of rotatable bonds is 6. The Kier molecular flexibility index (Phi) is 5.42. The maximum atomic E-state index is 5.45. The van der Waals surface area contributed by atoms with E-state index in [-0.39, 0.29) is 0 Å². The van der Waals surface area contributed by atoms with Gasteiger partial charge in [0.25, 0.3) is 0 Å². The molecular weight excluding hydrogens is 232 g/mol. The lowest BCUT2D eigenvalue weighted by atomic mass is 9.90. The summed E-state index contributed by atoms with van der Waals surface area (Å²) in [5.41, 5.74) is 0. The summed E-state index contributed by atoms with van der Waals surface area (Å²) in [6.45, 7) is 5.17. The molecule has 1 aliphatic heterocycles. The molecule has 4 heteroatoms. The van der Waals surface area contributed by atoms with Gasteiger partial charge in [-0.3, -0.25) is 0 Å². The van der Waals surface area contributed by atoms with E-state index in [1.807, 2.05) is 6.20 Å². The number of thiazole rings is 1. The van der Waals surface area contributed by atoms with Crippen molar-refractivity contribution in [2.24, 2.45) is 5.92 Å². The number of nitrogens with one attached hydrogen (secondary N) is 1. The van der Waals surface area contributed by atoms with E-state index in [1.165, 1.54) is 24.3 Å². The topological polar surface area (TPSA) is 34.2 Å². The van der Waals surface area contributed by atoms with Crippen molar-refractivity contribution in [3.05, 3.63) is 16.6 Å². The standard InChI is InChI=1S/C13H22N2OS/c1-2-5-14-12(10-13-15-6-9-17-13)11-3-7-16-8-4-11/h6,9,11-12,14H,2-5,7-8,10H2,1H3. The zero-order valence-corrected chi connectivity index (χ0v) is 11.3. The van der Waals surface area contributed by atoms with E-state index < -0.39 is 0 Å². The van der Waals surface area contributed by atoms with E-state index in [0.717, 1.165) is 32.1 Å². The summed E-state index contributed by atoms with van der Waals surface area (Å²) >= 11 is 1.77. The van der Waals surface area contributed by atoms with Crippen LogP contribution in [0.4, 0.5) is 0 Å². The number of ether oxygens (including phenoxy) is 1. The first kappa shape index (κ1) is 13.0. The van der Waals surface area contributed by atoms with Gasteiger partial charge in [-0.25, -0.2) is 4.98 Å². The second-order valence-corrected chi connectivity index (χ2v) is 5.62. The lowest BCUT2D eigenvalue weighted by Gasteiger charge is -2.30. The SMILES string of the molecule is CCCNC(Cc1nccs1)C1CCOCC1. The fourth-order valence-corrected chi connectivity index (χ4v) is 3.07. The van der Waals surface area contributed by atoms with Gasteiger partial charge in [-0.2, -0.15) is 0 Å². The smallest absolute Gasteiger partial charge is 0.0940 e. The van der Waals surface area contributed by atoms with Crippen LogP contribution in [-0.4, -0.2) is 30.8 Å². The Labute approximate surface area is 108 Å². The van der Waals surface area contributed by atoms with Crippen LogP contribution in [0.25, 0.3) is 0 Å². The summed E-state index contributed by atoms with van der Waals surface area (Å²) in [5, 5.41) is 7.01. The summed E-state index contributed by atoms with van der Waals surface area (Å²) in [7, 11) is 0. The molecule has 0 spiro atoms. The molecule has 0 aliphatic carbocycles. The predicted octanol–water partition coefficient (Wildman–Crippen LogP) is 2.48. The van der Waals surface area contributed by atoms with Crippen LogP contribution in [0.15, 0.2) is 11.6 Å². The zero-order chi connectivity index (χ0) is 11.9. The first-order chi connectivity index (χ1) is 8.40. The van der Waals surface area contributed by atoms with Gasteiger partial charge in [-0.05, 0) is 31.7 Å². The average molecular weight is 254 g/mol. The third kappa shape index (κ3) is 4.05. The van der Waals surface area contributed by atoms with Gasteiger partial charge in [0.05, 0.1) is 5.01 Å². The Balaban J connectivity index is 1.91. The molecule has 1 fully saturated rings. The molecule has 1 atom stereocenters. The first-order valence-corrected chi connectivity index (χ1v) is 7.47.